The normalized spacial score (nSPS) is 21.8. The first kappa shape index (κ1) is 16.8. The number of imidazole rings is 1. The first-order valence-electron chi connectivity index (χ1n) is 8.28. The van der Waals surface area contributed by atoms with Gasteiger partial charge in [0.1, 0.15) is 15.2 Å². The summed E-state index contributed by atoms with van der Waals surface area (Å²) in [7, 11) is -2.74. The van der Waals surface area contributed by atoms with Gasteiger partial charge in [-0.2, -0.15) is 4.98 Å². The molecule has 136 valence electrons. The third-order valence-corrected chi connectivity index (χ3v) is 6.86. The number of aromatic nitrogens is 4. The van der Waals surface area contributed by atoms with Crippen LogP contribution in [0.1, 0.15) is 19.4 Å². The van der Waals surface area contributed by atoms with Crippen LogP contribution in [0.15, 0.2) is 44.6 Å². The number of aromatic amines is 1. The van der Waals surface area contributed by atoms with Crippen molar-refractivity contribution >= 4 is 26.7 Å². The van der Waals surface area contributed by atoms with Gasteiger partial charge in [0.25, 0.3) is 0 Å². The summed E-state index contributed by atoms with van der Waals surface area (Å²) in [6, 6.07) is 9.56. The van der Waals surface area contributed by atoms with Gasteiger partial charge in [-0.1, -0.05) is 44.2 Å². The number of nitrogens with zero attached hydrogens (tertiary/aromatic N) is 4. The van der Waals surface area contributed by atoms with E-state index in [-0.39, 0.29) is 22.1 Å². The topological polar surface area (TPSA) is 119 Å². The summed E-state index contributed by atoms with van der Waals surface area (Å²) in [5, 5.41) is 0.105. The zero-order valence-corrected chi connectivity index (χ0v) is 15.4. The minimum atomic E-state index is -2.74. The summed E-state index contributed by atoms with van der Waals surface area (Å²) in [6.45, 7) is 4.83. The van der Waals surface area contributed by atoms with Crippen LogP contribution in [0.2, 0.25) is 0 Å². The molecule has 3 heterocycles. The van der Waals surface area contributed by atoms with Gasteiger partial charge in [0.05, 0.1) is 13.1 Å². The van der Waals surface area contributed by atoms with Crippen molar-refractivity contribution in [1.29, 1.82) is 0 Å². The van der Waals surface area contributed by atoms with E-state index >= 15 is 0 Å². The molecule has 2 aromatic heterocycles. The molecule has 0 saturated heterocycles. The van der Waals surface area contributed by atoms with Crippen molar-refractivity contribution in [2.45, 2.75) is 25.5 Å². The highest BCUT2D eigenvalue weighted by Gasteiger charge is 2.34. The van der Waals surface area contributed by atoms with Crippen molar-refractivity contribution in [3.8, 4) is 0 Å². The van der Waals surface area contributed by atoms with Gasteiger partial charge in [-0.25, -0.2) is 18.4 Å². The molecule has 8 nitrogen and oxygen atoms in total. The Morgan fingerprint density at radius 1 is 1.27 bits per heavy atom. The highest BCUT2D eigenvalue weighted by atomic mass is 32.2. The Bertz CT molecular complexity index is 1170. The number of hydrogen-bond acceptors (Lipinski definition) is 6. The van der Waals surface area contributed by atoms with Crippen LogP contribution in [-0.4, -0.2) is 36.0 Å². The second kappa shape index (κ2) is 5.66. The molecule has 0 bridgehead atoms. The largest absolute Gasteiger partial charge is 0.382 e. The first-order chi connectivity index (χ1) is 12.3. The number of nitrogen functional groups attached to an aromatic ring is 1. The van der Waals surface area contributed by atoms with E-state index in [4.69, 9.17) is 5.73 Å². The Hall–Kier alpha value is -2.68. The Morgan fingerprint density at radius 2 is 2.00 bits per heavy atom. The zero-order chi connectivity index (χ0) is 18.5. The molecule has 3 N–H and O–H groups in total. The fourth-order valence-corrected chi connectivity index (χ4v) is 5.62. The summed E-state index contributed by atoms with van der Waals surface area (Å²) >= 11 is 0. The molecule has 1 aliphatic heterocycles. The summed E-state index contributed by atoms with van der Waals surface area (Å²) < 4.78 is 19.0. The third kappa shape index (κ3) is 2.78. The van der Waals surface area contributed by atoms with E-state index in [1.54, 1.807) is 0 Å². The molecular weight excluding hydrogens is 352 g/mol. The zero-order valence-electron chi connectivity index (χ0n) is 14.6. The van der Waals surface area contributed by atoms with E-state index < -0.39 is 9.73 Å². The quantitative estimate of drug-likeness (QED) is 0.677. The van der Waals surface area contributed by atoms with E-state index in [2.05, 4.69) is 19.3 Å². The molecule has 1 unspecified atom stereocenters. The van der Waals surface area contributed by atoms with Crippen molar-refractivity contribution in [1.82, 2.24) is 19.5 Å². The Morgan fingerprint density at radius 3 is 2.65 bits per heavy atom. The van der Waals surface area contributed by atoms with Gasteiger partial charge in [-0.15, -0.1) is 0 Å². The highest BCUT2D eigenvalue weighted by Crippen LogP contribution is 2.31. The molecule has 26 heavy (non-hydrogen) atoms. The molecule has 0 spiro atoms. The number of nitrogens with two attached hydrogens (primary N) is 1. The smallest absolute Gasteiger partial charge is 0.328 e. The molecule has 0 saturated carbocycles. The van der Waals surface area contributed by atoms with E-state index in [1.165, 1.54) is 4.57 Å². The van der Waals surface area contributed by atoms with Gasteiger partial charge in [0.2, 0.25) is 5.16 Å². The lowest BCUT2D eigenvalue weighted by atomic mass is 9.97. The van der Waals surface area contributed by atoms with Gasteiger partial charge in [-0.3, -0.25) is 4.57 Å². The number of benzene rings is 1. The van der Waals surface area contributed by atoms with E-state index in [0.29, 0.717) is 30.0 Å². The van der Waals surface area contributed by atoms with Crippen molar-refractivity contribution in [2.24, 2.45) is 9.78 Å². The highest BCUT2D eigenvalue weighted by molar-refractivity contribution is 7.93. The molecule has 1 aromatic carbocycles. The van der Waals surface area contributed by atoms with Crippen LogP contribution in [0.3, 0.4) is 0 Å². The minimum absolute atomic E-state index is 0.105. The number of hydrogen-bond donors (Lipinski definition) is 2. The number of fused-ring (bicyclic) bond motifs is 1. The maximum Gasteiger partial charge on any atom is 0.328 e. The van der Waals surface area contributed by atoms with Gasteiger partial charge < -0.3 is 10.7 Å². The SMILES string of the molecule is CC1(C)CN=S(=O)(c2nc(N)c3[nH]c(=O)n(Cc4ccccc4)c3n2)C1. The Labute approximate surface area is 150 Å². The number of H-pyrrole nitrogens is 1. The van der Waals surface area contributed by atoms with Crippen LogP contribution >= 0.6 is 0 Å². The van der Waals surface area contributed by atoms with Gasteiger partial charge in [0, 0.05) is 5.75 Å². The molecular formula is C17H20N6O2S. The second-order valence-electron chi connectivity index (χ2n) is 7.33. The lowest BCUT2D eigenvalue weighted by molar-refractivity contribution is 0.453. The molecule has 0 fully saturated rings. The number of anilines is 1. The second-order valence-corrected chi connectivity index (χ2v) is 9.52. The molecule has 1 atom stereocenters. The van der Waals surface area contributed by atoms with Crippen molar-refractivity contribution < 1.29 is 4.21 Å². The fraction of sp³-hybridized carbons (Fsp3) is 0.353. The molecule has 0 aliphatic carbocycles. The first-order valence-corrected chi connectivity index (χ1v) is 9.96. The Balaban J connectivity index is 1.88. The van der Waals surface area contributed by atoms with Crippen molar-refractivity contribution in [3.63, 3.8) is 0 Å². The maximum absolute atomic E-state index is 13.2. The van der Waals surface area contributed by atoms with Crippen molar-refractivity contribution in [3.05, 3.63) is 46.4 Å². The van der Waals surface area contributed by atoms with Gasteiger partial charge in [0.15, 0.2) is 11.5 Å². The van der Waals surface area contributed by atoms with Crippen LogP contribution in [0.4, 0.5) is 5.82 Å². The summed E-state index contributed by atoms with van der Waals surface area (Å²) in [6.07, 6.45) is 0. The third-order valence-electron chi connectivity index (χ3n) is 4.39. The van der Waals surface area contributed by atoms with Crippen molar-refractivity contribution in [2.75, 3.05) is 18.0 Å². The average Bonchev–Trinajstić information content (AvgIpc) is 3.06. The fourth-order valence-electron chi connectivity index (χ4n) is 3.11. The van der Waals surface area contributed by atoms with E-state index in [9.17, 15) is 9.00 Å². The lowest BCUT2D eigenvalue weighted by Crippen LogP contribution is -2.21. The van der Waals surface area contributed by atoms with Crippen LogP contribution in [0.25, 0.3) is 11.2 Å². The average molecular weight is 372 g/mol. The van der Waals surface area contributed by atoms with Crippen LogP contribution in [0.5, 0.6) is 0 Å². The Kier molecular flexibility index (Phi) is 3.65. The molecule has 1 aliphatic rings. The predicted octanol–water partition coefficient (Wildman–Crippen LogP) is 1.62. The lowest BCUT2D eigenvalue weighted by Gasteiger charge is -2.14. The van der Waals surface area contributed by atoms with Crippen LogP contribution in [-0.2, 0) is 16.3 Å². The summed E-state index contributed by atoms with van der Waals surface area (Å²) in [4.78, 5) is 23.7. The van der Waals surface area contributed by atoms with E-state index in [1.807, 2.05) is 44.2 Å². The molecule has 0 radical (unpaired) electrons. The molecule has 3 aromatic rings. The predicted molar refractivity (Wildman–Crippen MR) is 100 cm³/mol. The standard InChI is InChI=1S/C17H20N6O2S/c1-17(2)9-19-26(25,10-17)15-21-13(18)12-14(22-15)23(16(24)20-12)8-11-6-4-3-5-7-11/h3-7H,8-10H2,1-2H3,(H,20,24)(H2,18,21,22). The van der Waals surface area contributed by atoms with E-state index in [0.717, 1.165) is 5.56 Å². The van der Waals surface area contributed by atoms with Crippen LogP contribution in [0, 0.1) is 5.41 Å². The molecule has 4 rings (SSSR count). The number of rotatable bonds is 3. The molecule has 9 heteroatoms. The van der Waals surface area contributed by atoms with Gasteiger partial charge >= 0.3 is 5.69 Å². The summed E-state index contributed by atoms with van der Waals surface area (Å²) in [5.41, 5.74) is 7.17. The summed E-state index contributed by atoms with van der Waals surface area (Å²) in [5.74, 6) is 0.481. The molecule has 0 amide bonds. The minimum Gasteiger partial charge on any atom is -0.382 e. The van der Waals surface area contributed by atoms with Crippen LogP contribution < -0.4 is 11.4 Å². The van der Waals surface area contributed by atoms with Gasteiger partial charge in [-0.05, 0) is 11.0 Å². The maximum atomic E-state index is 13.2. The number of nitrogens with one attached hydrogen (secondary N) is 1. The monoisotopic (exact) mass is 372 g/mol.